The summed E-state index contributed by atoms with van der Waals surface area (Å²) in [4.78, 5) is 9.38. The number of fused-ring (bicyclic) bond motifs is 1. The molecule has 2 rings (SSSR count). The number of rotatable bonds is 9. The van der Waals surface area contributed by atoms with E-state index in [-0.39, 0.29) is 6.61 Å². The molecule has 0 spiro atoms. The standard InChI is InChI=1S/C20H33N5O/c1-5-21-20(22-13-16(10-11-26)12-15(2)3)23-14-19-24-17-8-6-7-9-18(17)25(19)4/h6-9,15-16,26H,5,10-14H2,1-4H3,(H2,21,22,23). The first kappa shape index (κ1) is 20.2. The van der Waals surface area contributed by atoms with Crippen LogP contribution in [0.15, 0.2) is 29.3 Å². The second kappa shape index (κ2) is 10.2. The van der Waals surface area contributed by atoms with Gasteiger partial charge in [0.1, 0.15) is 12.4 Å². The highest BCUT2D eigenvalue weighted by molar-refractivity contribution is 5.80. The zero-order chi connectivity index (χ0) is 18.9. The number of aromatic nitrogens is 2. The molecule has 0 radical (unpaired) electrons. The van der Waals surface area contributed by atoms with Crippen LogP contribution in [0.4, 0.5) is 0 Å². The second-order valence-corrected chi connectivity index (χ2v) is 7.16. The molecule has 1 atom stereocenters. The van der Waals surface area contributed by atoms with Crippen molar-refractivity contribution in [2.75, 3.05) is 19.7 Å². The van der Waals surface area contributed by atoms with E-state index in [1.807, 2.05) is 25.2 Å². The second-order valence-electron chi connectivity index (χ2n) is 7.16. The minimum Gasteiger partial charge on any atom is -0.396 e. The Morgan fingerprint density at radius 1 is 1.27 bits per heavy atom. The molecule has 0 amide bonds. The number of aryl methyl sites for hydroxylation is 1. The first-order valence-corrected chi connectivity index (χ1v) is 9.58. The highest BCUT2D eigenvalue weighted by atomic mass is 16.3. The number of benzene rings is 1. The molecule has 2 aromatic rings. The normalized spacial score (nSPS) is 13.4. The number of para-hydroxylation sites is 2. The third kappa shape index (κ3) is 5.73. The quantitative estimate of drug-likeness (QED) is 0.475. The Morgan fingerprint density at radius 2 is 2.04 bits per heavy atom. The lowest BCUT2D eigenvalue weighted by Crippen LogP contribution is -2.40. The molecular formula is C20H33N5O. The van der Waals surface area contributed by atoms with Crippen LogP contribution in [0.1, 0.15) is 39.4 Å². The fourth-order valence-corrected chi connectivity index (χ4v) is 3.22. The van der Waals surface area contributed by atoms with Crippen molar-refractivity contribution in [3.63, 3.8) is 0 Å². The van der Waals surface area contributed by atoms with Gasteiger partial charge in [-0.15, -0.1) is 0 Å². The van der Waals surface area contributed by atoms with E-state index >= 15 is 0 Å². The van der Waals surface area contributed by atoms with Crippen molar-refractivity contribution in [2.24, 2.45) is 23.9 Å². The van der Waals surface area contributed by atoms with Crippen LogP contribution in [0.5, 0.6) is 0 Å². The first-order valence-electron chi connectivity index (χ1n) is 9.58. The van der Waals surface area contributed by atoms with Gasteiger partial charge in [-0.2, -0.15) is 0 Å². The average Bonchev–Trinajstić information content (AvgIpc) is 2.93. The summed E-state index contributed by atoms with van der Waals surface area (Å²) < 4.78 is 2.09. The number of aliphatic hydroxyl groups excluding tert-OH is 1. The van der Waals surface area contributed by atoms with E-state index in [1.54, 1.807) is 0 Å². The van der Waals surface area contributed by atoms with Gasteiger partial charge < -0.3 is 20.3 Å². The molecule has 1 unspecified atom stereocenters. The van der Waals surface area contributed by atoms with Gasteiger partial charge in [0.15, 0.2) is 5.96 Å². The molecule has 1 aromatic carbocycles. The van der Waals surface area contributed by atoms with Crippen LogP contribution in [0.3, 0.4) is 0 Å². The summed E-state index contributed by atoms with van der Waals surface area (Å²) in [5.41, 5.74) is 2.12. The summed E-state index contributed by atoms with van der Waals surface area (Å²) in [5, 5.41) is 16.0. The minimum atomic E-state index is 0.229. The van der Waals surface area contributed by atoms with E-state index in [0.717, 1.165) is 48.7 Å². The van der Waals surface area contributed by atoms with E-state index in [2.05, 4.69) is 47.0 Å². The smallest absolute Gasteiger partial charge is 0.191 e. The number of aliphatic hydroxyl groups is 1. The monoisotopic (exact) mass is 359 g/mol. The van der Waals surface area contributed by atoms with Gasteiger partial charge in [0, 0.05) is 26.7 Å². The van der Waals surface area contributed by atoms with Gasteiger partial charge in [-0.1, -0.05) is 26.0 Å². The van der Waals surface area contributed by atoms with Crippen LogP contribution >= 0.6 is 0 Å². The molecule has 0 aliphatic carbocycles. The Morgan fingerprint density at radius 3 is 2.69 bits per heavy atom. The SMILES string of the molecule is CCNC(=NCc1nc2ccccc2n1C)NCC(CCO)CC(C)C. The zero-order valence-electron chi connectivity index (χ0n) is 16.5. The van der Waals surface area contributed by atoms with Gasteiger partial charge in [0.05, 0.1) is 11.0 Å². The van der Waals surface area contributed by atoms with Crippen molar-refractivity contribution in [1.29, 1.82) is 0 Å². The van der Waals surface area contributed by atoms with Crippen molar-refractivity contribution in [1.82, 2.24) is 20.2 Å². The van der Waals surface area contributed by atoms with Crippen LogP contribution in [0.25, 0.3) is 11.0 Å². The Balaban J connectivity index is 2.03. The largest absolute Gasteiger partial charge is 0.396 e. The van der Waals surface area contributed by atoms with Gasteiger partial charge in [-0.3, -0.25) is 0 Å². The van der Waals surface area contributed by atoms with Crippen LogP contribution < -0.4 is 10.6 Å². The summed E-state index contributed by atoms with van der Waals surface area (Å²) in [6, 6.07) is 8.13. The van der Waals surface area contributed by atoms with Gasteiger partial charge in [-0.25, -0.2) is 9.98 Å². The first-order chi connectivity index (χ1) is 12.5. The van der Waals surface area contributed by atoms with Crippen molar-refractivity contribution in [2.45, 2.75) is 40.2 Å². The number of nitrogens with zero attached hydrogens (tertiary/aromatic N) is 3. The fraction of sp³-hybridized carbons (Fsp3) is 0.600. The Labute approximate surface area is 156 Å². The van der Waals surface area contributed by atoms with Crippen LogP contribution in [0, 0.1) is 11.8 Å². The maximum atomic E-state index is 9.29. The van der Waals surface area contributed by atoms with Crippen LogP contribution in [-0.2, 0) is 13.6 Å². The molecule has 1 aromatic heterocycles. The lowest BCUT2D eigenvalue weighted by atomic mass is 9.94. The van der Waals surface area contributed by atoms with Crippen molar-refractivity contribution in [3.05, 3.63) is 30.1 Å². The predicted octanol–water partition coefficient (Wildman–Crippen LogP) is 2.67. The highest BCUT2D eigenvalue weighted by Gasteiger charge is 2.12. The number of hydrogen-bond acceptors (Lipinski definition) is 3. The Kier molecular flexibility index (Phi) is 7.91. The number of guanidine groups is 1. The van der Waals surface area contributed by atoms with E-state index in [1.165, 1.54) is 0 Å². The molecule has 0 saturated carbocycles. The number of imidazole rings is 1. The molecule has 0 bridgehead atoms. The Hall–Kier alpha value is -2.08. The zero-order valence-corrected chi connectivity index (χ0v) is 16.5. The van der Waals surface area contributed by atoms with Crippen LogP contribution in [0.2, 0.25) is 0 Å². The van der Waals surface area contributed by atoms with Crippen molar-refractivity contribution >= 4 is 17.0 Å². The lowest BCUT2D eigenvalue weighted by molar-refractivity contribution is 0.243. The summed E-state index contributed by atoms with van der Waals surface area (Å²) in [7, 11) is 2.03. The molecule has 0 saturated heterocycles. The molecule has 0 fully saturated rings. The van der Waals surface area contributed by atoms with Crippen molar-refractivity contribution in [3.8, 4) is 0 Å². The summed E-state index contributed by atoms with van der Waals surface area (Å²) in [6.45, 7) is 8.87. The van der Waals surface area contributed by atoms with E-state index in [4.69, 9.17) is 4.99 Å². The summed E-state index contributed by atoms with van der Waals surface area (Å²) in [5.74, 6) is 2.80. The van der Waals surface area contributed by atoms with Gasteiger partial charge in [0.2, 0.25) is 0 Å². The van der Waals surface area contributed by atoms with E-state index in [0.29, 0.717) is 18.4 Å². The third-order valence-corrected chi connectivity index (χ3v) is 4.50. The lowest BCUT2D eigenvalue weighted by Gasteiger charge is -2.20. The maximum Gasteiger partial charge on any atom is 0.191 e. The third-order valence-electron chi connectivity index (χ3n) is 4.50. The molecule has 6 heteroatoms. The van der Waals surface area contributed by atoms with E-state index in [9.17, 15) is 5.11 Å². The van der Waals surface area contributed by atoms with Gasteiger partial charge >= 0.3 is 0 Å². The molecule has 144 valence electrons. The number of aliphatic imine (C=N–C) groups is 1. The van der Waals surface area contributed by atoms with E-state index < -0.39 is 0 Å². The average molecular weight is 360 g/mol. The minimum absolute atomic E-state index is 0.229. The van der Waals surface area contributed by atoms with Gasteiger partial charge in [-0.05, 0) is 43.7 Å². The topological polar surface area (TPSA) is 74.5 Å². The molecule has 0 aliphatic rings. The fourth-order valence-electron chi connectivity index (χ4n) is 3.22. The molecule has 26 heavy (non-hydrogen) atoms. The maximum absolute atomic E-state index is 9.29. The van der Waals surface area contributed by atoms with Crippen molar-refractivity contribution < 1.29 is 5.11 Å². The molecule has 0 aliphatic heterocycles. The van der Waals surface area contributed by atoms with Crippen LogP contribution in [-0.4, -0.2) is 40.3 Å². The summed E-state index contributed by atoms with van der Waals surface area (Å²) in [6.07, 6.45) is 1.91. The Bertz CT molecular complexity index is 707. The number of nitrogens with one attached hydrogen (secondary N) is 2. The molecular weight excluding hydrogens is 326 g/mol. The predicted molar refractivity (Wildman–Crippen MR) is 108 cm³/mol. The summed E-state index contributed by atoms with van der Waals surface area (Å²) >= 11 is 0. The molecule has 1 heterocycles. The molecule has 6 nitrogen and oxygen atoms in total. The number of hydrogen-bond donors (Lipinski definition) is 3. The van der Waals surface area contributed by atoms with Gasteiger partial charge in [0.25, 0.3) is 0 Å². The molecule has 3 N–H and O–H groups in total. The highest BCUT2D eigenvalue weighted by Crippen LogP contribution is 2.15.